The Morgan fingerprint density at radius 2 is 1.65 bits per heavy atom. The predicted molar refractivity (Wildman–Crippen MR) is 113 cm³/mol. The van der Waals surface area contributed by atoms with Crippen LogP contribution in [-0.4, -0.2) is 0 Å². The van der Waals surface area contributed by atoms with Crippen LogP contribution in [0.3, 0.4) is 0 Å². The Labute approximate surface area is 163 Å². The molecule has 0 spiro atoms. The minimum absolute atomic E-state index is 0.685. The maximum Gasteiger partial charge on any atom is -0.0266 e. The van der Waals surface area contributed by atoms with Crippen LogP contribution in [0, 0.1) is 40.4 Å². The highest BCUT2D eigenvalue weighted by molar-refractivity contribution is 5.08. The Hall–Kier alpha value is -0.260. The third-order valence-corrected chi connectivity index (χ3v) is 10.1. The third kappa shape index (κ3) is 3.12. The van der Waals surface area contributed by atoms with Gasteiger partial charge in [-0.1, -0.05) is 38.3 Å². The first-order valence-electron chi connectivity index (χ1n) is 12.1. The van der Waals surface area contributed by atoms with Gasteiger partial charge in [0.15, 0.2) is 0 Å². The summed E-state index contributed by atoms with van der Waals surface area (Å²) < 4.78 is 0. The molecule has 0 aromatic heterocycles. The highest BCUT2D eigenvalue weighted by Gasteiger charge is 2.59. The van der Waals surface area contributed by atoms with E-state index in [9.17, 15) is 0 Å². The van der Waals surface area contributed by atoms with Gasteiger partial charge in [-0.2, -0.15) is 0 Å². The quantitative estimate of drug-likeness (QED) is 0.352. The van der Waals surface area contributed by atoms with Gasteiger partial charge >= 0.3 is 0 Å². The molecule has 0 aromatic carbocycles. The lowest BCUT2D eigenvalue weighted by atomic mass is 9.45. The zero-order chi connectivity index (χ0) is 18.4. The molecule has 0 radical (unpaired) electrons. The molecule has 0 heterocycles. The second-order valence-corrected chi connectivity index (χ2v) is 11.4. The van der Waals surface area contributed by atoms with Crippen molar-refractivity contribution in [3.8, 4) is 0 Å². The standard InChI is InChI=1S/C26H44/c1-19(2)9-5-6-10-21-13-15-23-22-14-12-20-11-7-8-17-25(20,3)24(22)16-18-26(21,23)4/h9,20-24H,5-8,10-18H2,1-4H3. The van der Waals surface area contributed by atoms with Gasteiger partial charge in [-0.3, -0.25) is 0 Å². The van der Waals surface area contributed by atoms with Crippen LogP contribution in [0.5, 0.6) is 0 Å². The summed E-state index contributed by atoms with van der Waals surface area (Å²) in [7, 11) is 0. The summed E-state index contributed by atoms with van der Waals surface area (Å²) in [6.45, 7) is 9.94. The summed E-state index contributed by atoms with van der Waals surface area (Å²) in [6.07, 6.45) is 22.2. The van der Waals surface area contributed by atoms with Gasteiger partial charge in [0, 0.05) is 0 Å². The van der Waals surface area contributed by atoms with E-state index >= 15 is 0 Å². The Kier molecular flexibility index (Phi) is 5.35. The average Bonchev–Trinajstić information content (AvgIpc) is 2.94. The van der Waals surface area contributed by atoms with Crippen molar-refractivity contribution in [1.29, 1.82) is 0 Å². The zero-order valence-electron chi connectivity index (χ0n) is 18.2. The maximum absolute atomic E-state index is 2.72. The molecule has 148 valence electrons. The number of allylic oxidation sites excluding steroid dienone is 2. The van der Waals surface area contributed by atoms with Gasteiger partial charge in [-0.25, -0.2) is 0 Å². The lowest BCUT2D eigenvalue weighted by Gasteiger charge is -2.60. The molecule has 4 rings (SSSR count). The van der Waals surface area contributed by atoms with Gasteiger partial charge in [0.05, 0.1) is 0 Å². The molecule has 0 N–H and O–H groups in total. The monoisotopic (exact) mass is 356 g/mol. The van der Waals surface area contributed by atoms with Gasteiger partial charge in [-0.15, -0.1) is 0 Å². The van der Waals surface area contributed by atoms with Crippen LogP contribution in [0.2, 0.25) is 0 Å². The molecule has 0 nitrogen and oxygen atoms in total. The van der Waals surface area contributed by atoms with Crippen molar-refractivity contribution in [2.24, 2.45) is 40.4 Å². The van der Waals surface area contributed by atoms with E-state index in [1.165, 1.54) is 37.7 Å². The Morgan fingerprint density at radius 3 is 2.46 bits per heavy atom. The van der Waals surface area contributed by atoms with Crippen molar-refractivity contribution in [2.75, 3.05) is 0 Å². The molecule has 0 amide bonds. The highest BCUT2D eigenvalue weighted by atomic mass is 14.6. The van der Waals surface area contributed by atoms with Crippen LogP contribution >= 0.6 is 0 Å². The van der Waals surface area contributed by atoms with E-state index in [1.54, 1.807) is 51.4 Å². The second kappa shape index (κ2) is 7.29. The topological polar surface area (TPSA) is 0 Å². The highest BCUT2D eigenvalue weighted by Crippen LogP contribution is 2.67. The first-order valence-corrected chi connectivity index (χ1v) is 12.1. The van der Waals surface area contributed by atoms with Crippen LogP contribution in [0.4, 0.5) is 0 Å². The van der Waals surface area contributed by atoms with Gasteiger partial charge in [0.1, 0.15) is 0 Å². The van der Waals surface area contributed by atoms with E-state index < -0.39 is 0 Å². The molecule has 4 aliphatic rings. The van der Waals surface area contributed by atoms with E-state index in [2.05, 4.69) is 33.8 Å². The first-order chi connectivity index (χ1) is 12.4. The van der Waals surface area contributed by atoms with Gasteiger partial charge in [0.2, 0.25) is 0 Å². The summed E-state index contributed by atoms with van der Waals surface area (Å²) in [6, 6.07) is 0. The fourth-order valence-corrected chi connectivity index (χ4v) is 8.63. The lowest BCUT2D eigenvalue weighted by molar-refractivity contribution is -0.111. The van der Waals surface area contributed by atoms with E-state index in [0.717, 1.165) is 29.6 Å². The number of hydrogen-bond acceptors (Lipinski definition) is 0. The molecule has 0 aromatic rings. The van der Waals surface area contributed by atoms with Crippen molar-refractivity contribution in [3.63, 3.8) is 0 Å². The summed E-state index contributed by atoms with van der Waals surface area (Å²) in [5, 5.41) is 0. The molecule has 7 atom stereocenters. The van der Waals surface area contributed by atoms with Crippen LogP contribution in [0.25, 0.3) is 0 Å². The van der Waals surface area contributed by atoms with Crippen molar-refractivity contribution in [3.05, 3.63) is 11.6 Å². The minimum Gasteiger partial charge on any atom is -0.0859 e. The second-order valence-electron chi connectivity index (χ2n) is 11.4. The summed E-state index contributed by atoms with van der Waals surface area (Å²) in [4.78, 5) is 0. The molecule has 4 fully saturated rings. The van der Waals surface area contributed by atoms with Crippen LogP contribution in [0.1, 0.15) is 111 Å². The SMILES string of the molecule is CC(C)=CCCCC1CCC2C3CCC4CCCCC4(C)C3CCC12C. The fourth-order valence-electron chi connectivity index (χ4n) is 8.63. The number of hydrogen-bond donors (Lipinski definition) is 0. The normalized spacial score (nSPS) is 47.6. The molecule has 4 saturated carbocycles. The van der Waals surface area contributed by atoms with Crippen molar-refractivity contribution in [1.82, 2.24) is 0 Å². The Bertz CT molecular complexity index is 526. The zero-order valence-corrected chi connectivity index (χ0v) is 18.2. The van der Waals surface area contributed by atoms with Crippen LogP contribution in [0.15, 0.2) is 11.6 Å². The predicted octanol–water partition coefficient (Wildman–Crippen LogP) is 8.17. The molecule has 0 heteroatoms. The summed E-state index contributed by atoms with van der Waals surface area (Å²) in [5.41, 5.74) is 2.90. The van der Waals surface area contributed by atoms with Crippen LogP contribution in [-0.2, 0) is 0 Å². The summed E-state index contributed by atoms with van der Waals surface area (Å²) in [5.74, 6) is 5.31. The van der Waals surface area contributed by atoms with Gasteiger partial charge < -0.3 is 0 Å². The van der Waals surface area contributed by atoms with E-state index in [1.807, 2.05) is 0 Å². The van der Waals surface area contributed by atoms with Crippen molar-refractivity contribution >= 4 is 0 Å². The third-order valence-electron chi connectivity index (χ3n) is 10.1. The maximum atomic E-state index is 2.72. The minimum atomic E-state index is 0.685. The van der Waals surface area contributed by atoms with E-state index in [0.29, 0.717) is 10.8 Å². The van der Waals surface area contributed by atoms with Gasteiger partial charge in [-0.05, 0) is 125 Å². The lowest BCUT2D eigenvalue weighted by Crippen LogP contribution is -2.52. The molecule has 0 saturated heterocycles. The summed E-state index contributed by atoms with van der Waals surface area (Å²) >= 11 is 0. The average molecular weight is 357 g/mol. The number of unbranched alkanes of at least 4 members (excludes halogenated alkanes) is 1. The van der Waals surface area contributed by atoms with Gasteiger partial charge in [0.25, 0.3) is 0 Å². The van der Waals surface area contributed by atoms with Crippen molar-refractivity contribution < 1.29 is 0 Å². The Morgan fingerprint density at radius 1 is 0.846 bits per heavy atom. The Balaban J connectivity index is 1.45. The molecular formula is C26H44. The van der Waals surface area contributed by atoms with E-state index in [-0.39, 0.29) is 0 Å². The molecule has 26 heavy (non-hydrogen) atoms. The van der Waals surface area contributed by atoms with Crippen LogP contribution < -0.4 is 0 Å². The number of fused-ring (bicyclic) bond motifs is 5. The molecule has 4 aliphatic carbocycles. The fraction of sp³-hybridized carbons (Fsp3) is 0.923. The smallest absolute Gasteiger partial charge is 0.0266 e. The number of rotatable bonds is 4. The van der Waals surface area contributed by atoms with E-state index in [4.69, 9.17) is 0 Å². The molecule has 0 aliphatic heterocycles. The molecule has 7 unspecified atom stereocenters. The molecular weight excluding hydrogens is 312 g/mol. The molecule has 0 bridgehead atoms. The largest absolute Gasteiger partial charge is 0.0859 e. The van der Waals surface area contributed by atoms with Crippen molar-refractivity contribution in [2.45, 2.75) is 111 Å². The first kappa shape index (κ1) is 19.1.